The molecule has 0 aromatic heterocycles. The maximum absolute atomic E-state index is 11.8. The van der Waals surface area contributed by atoms with Gasteiger partial charge in [-0.15, -0.1) is 0 Å². The van der Waals surface area contributed by atoms with Crippen LogP contribution in [0.15, 0.2) is 30.3 Å². The van der Waals surface area contributed by atoms with Gasteiger partial charge in [0, 0.05) is 12.5 Å². The number of rotatable bonds is 7. The van der Waals surface area contributed by atoms with Gasteiger partial charge in [-0.05, 0) is 18.4 Å². The lowest BCUT2D eigenvalue weighted by Crippen LogP contribution is -2.40. The van der Waals surface area contributed by atoms with Crippen molar-refractivity contribution in [1.82, 2.24) is 5.32 Å². The van der Waals surface area contributed by atoms with Gasteiger partial charge in [-0.3, -0.25) is 4.79 Å². The molecule has 0 radical (unpaired) electrons. The van der Waals surface area contributed by atoms with Crippen LogP contribution in [0.5, 0.6) is 0 Å². The number of carbonyl (C=O) groups excluding carboxylic acids is 2. The lowest BCUT2D eigenvalue weighted by Gasteiger charge is -2.23. The summed E-state index contributed by atoms with van der Waals surface area (Å²) >= 11 is 0. The van der Waals surface area contributed by atoms with Crippen LogP contribution in [0.3, 0.4) is 0 Å². The fourth-order valence-electron chi connectivity index (χ4n) is 1.90. The van der Waals surface area contributed by atoms with Gasteiger partial charge in [-0.1, -0.05) is 50.6 Å². The number of ether oxygens (including phenoxy) is 1. The van der Waals surface area contributed by atoms with Crippen LogP contribution in [0, 0.1) is 5.92 Å². The normalized spacial score (nSPS) is 13.3. The molecule has 0 aliphatic carbocycles. The second-order valence-electron chi connectivity index (χ2n) is 5.10. The summed E-state index contributed by atoms with van der Waals surface area (Å²) in [6, 6.07) is 9.34. The van der Waals surface area contributed by atoms with Crippen molar-refractivity contribution in [3.05, 3.63) is 35.9 Å². The smallest absolute Gasteiger partial charge is 0.407 e. The minimum atomic E-state index is -0.472. The van der Waals surface area contributed by atoms with Crippen LogP contribution in [-0.2, 0) is 16.1 Å². The fourth-order valence-corrected chi connectivity index (χ4v) is 1.90. The van der Waals surface area contributed by atoms with Crippen molar-refractivity contribution in [3.8, 4) is 0 Å². The molecule has 0 bridgehead atoms. The van der Waals surface area contributed by atoms with Crippen LogP contribution in [0.1, 0.15) is 39.2 Å². The number of amides is 1. The van der Waals surface area contributed by atoms with E-state index in [1.165, 1.54) is 6.92 Å². The zero-order valence-corrected chi connectivity index (χ0v) is 12.4. The molecule has 1 amide bonds. The van der Waals surface area contributed by atoms with E-state index in [4.69, 9.17) is 4.74 Å². The molecule has 4 nitrogen and oxygen atoms in total. The van der Waals surface area contributed by atoms with Crippen LogP contribution in [-0.4, -0.2) is 17.9 Å². The van der Waals surface area contributed by atoms with Gasteiger partial charge in [0.15, 0.2) is 0 Å². The fraction of sp³-hybridized carbons (Fsp3) is 0.500. The molecule has 1 aromatic carbocycles. The van der Waals surface area contributed by atoms with Gasteiger partial charge in [0.1, 0.15) is 12.4 Å². The molecule has 2 atom stereocenters. The standard InChI is InChI=1S/C16H23NO3/c1-4-12(2)15(10-13(3)18)17-16(19)20-11-14-8-6-5-7-9-14/h5-9,12,15H,4,10-11H2,1-3H3,(H,17,19)/t12?,15-/m0/s1. The summed E-state index contributed by atoms with van der Waals surface area (Å²) in [6.45, 7) is 5.83. The lowest BCUT2D eigenvalue weighted by atomic mass is 9.95. The first-order valence-electron chi connectivity index (χ1n) is 6.99. The number of ketones is 1. The SMILES string of the molecule is CCC(C)[C@H](CC(C)=O)NC(=O)OCc1ccccc1. The molecule has 1 aromatic rings. The minimum absolute atomic E-state index is 0.0682. The van der Waals surface area contributed by atoms with E-state index in [2.05, 4.69) is 5.32 Å². The van der Waals surface area contributed by atoms with Crippen molar-refractivity contribution >= 4 is 11.9 Å². The predicted molar refractivity (Wildman–Crippen MR) is 78.3 cm³/mol. The number of hydrogen-bond acceptors (Lipinski definition) is 3. The third-order valence-corrected chi connectivity index (χ3v) is 3.35. The Morgan fingerprint density at radius 2 is 1.90 bits per heavy atom. The van der Waals surface area contributed by atoms with E-state index >= 15 is 0 Å². The molecular formula is C16H23NO3. The summed E-state index contributed by atoms with van der Waals surface area (Å²) in [6.07, 6.45) is 0.771. The first kappa shape index (κ1) is 16.2. The third-order valence-electron chi connectivity index (χ3n) is 3.35. The second-order valence-corrected chi connectivity index (χ2v) is 5.10. The van der Waals surface area contributed by atoms with Crippen LogP contribution >= 0.6 is 0 Å². The minimum Gasteiger partial charge on any atom is -0.445 e. The highest BCUT2D eigenvalue weighted by Crippen LogP contribution is 2.12. The quantitative estimate of drug-likeness (QED) is 0.832. The number of benzene rings is 1. The molecule has 0 saturated heterocycles. The van der Waals surface area contributed by atoms with Crippen LogP contribution in [0.2, 0.25) is 0 Å². The van der Waals surface area contributed by atoms with Gasteiger partial charge in [-0.2, -0.15) is 0 Å². The average molecular weight is 277 g/mol. The predicted octanol–water partition coefficient (Wildman–Crippen LogP) is 3.31. The van der Waals surface area contributed by atoms with E-state index in [9.17, 15) is 9.59 Å². The molecule has 0 saturated carbocycles. The topological polar surface area (TPSA) is 55.4 Å². The van der Waals surface area contributed by atoms with Crippen molar-refractivity contribution in [2.75, 3.05) is 0 Å². The van der Waals surface area contributed by atoms with Crippen molar-refractivity contribution in [3.63, 3.8) is 0 Å². The van der Waals surface area contributed by atoms with E-state index < -0.39 is 6.09 Å². The zero-order valence-electron chi connectivity index (χ0n) is 12.4. The van der Waals surface area contributed by atoms with Gasteiger partial charge in [-0.25, -0.2) is 4.79 Å². The number of nitrogens with one attached hydrogen (secondary N) is 1. The highest BCUT2D eigenvalue weighted by atomic mass is 16.5. The van der Waals surface area contributed by atoms with E-state index in [1.54, 1.807) is 0 Å². The van der Waals surface area contributed by atoms with E-state index in [-0.39, 0.29) is 24.3 Å². The average Bonchev–Trinajstić information content (AvgIpc) is 2.44. The van der Waals surface area contributed by atoms with Crippen LogP contribution in [0.25, 0.3) is 0 Å². The molecule has 1 rings (SSSR count). The summed E-state index contributed by atoms with van der Waals surface area (Å²) in [5, 5.41) is 2.79. The summed E-state index contributed by atoms with van der Waals surface area (Å²) < 4.78 is 5.17. The van der Waals surface area contributed by atoms with Crippen LogP contribution < -0.4 is 5.32 Å². The van der Waals surface area contributed by atoms with E-state index in [0.29, 0.717) is 6.42 Å². The van der Waals surface area contributed by atoms with Crippen LogP contribution in [0.4, 0.5) is 4.79 Å². The molecule has 4 heteroatoms. The van der Waals surface area contributed by atoms with Gasteiger partial charge in [0.05, 0.1) is 0 Å². The molecular weight excluding hydrogens is 254 g/mol. The molecule has 0 aliphatic rings. The molecule has 0 fully saturated rings. The monoisotopic (exact) mass is 277 g/mol. The molecule has 20 heavy (non-hydrogen) atoms. The van der Waals surface area contributed by atoms with Crippen molar-refractivity contribution in [2.24, 2.45) is 5.92 Å². The Morgan fingerprint density at radius 3 is 2.45 bits per heavy atom. The molecule has 0 spiro atoms. The zero-order chi connectivity index (χ0) is 15.0. The summed E-state index contributed by atoms with van der Waals surface area (Å²) in [7, 11) is 0. The Balaban J connectivity index is 2.47. The van der Waals surface area contributed by atoms with Crippen molar-refractivity contribution < 1.29 is 14.3 Å². The maximum atomic E-state index is 11.8. The molecule has 1 N–H and O–H groups in total. The highest BCUT2D eigenvalue weighted by Gasteiger charge is 2.20. The third kappa shape index (κ3) is 5.87. The van der Waals surface area contributed by atoms with Crippen molar-refractivity contribution in [1.29, 1.82) is 0 Å². The Kier molecular flexibility index (Phi) is 6.77. The summed E-state index contributed by atoms with van der Waals surface area (Å²) in [5.41, 5.74) is 0.939. The number of hydrogen-bond donors (Lipinski definition) is 1. The van der Waals surface area contributed by atoms with Crippen molar-refractivity contribution in [2.45, 2.75) is 46.3 Å². The molecule has 110 valence electrons. The number of carbonyl (C=O) groups is 2. The maximum Gasteiger partial charge on any atom is 0.407 e. The largest absolute Gasteiger partial charge is 0.445 e. The van der Waals surface area contributed by atoms with Gasteiger partial charge >= 0.3 is 6.09 Å². The Bertz CT molecular complexity index is 431. The van der Waals surface area contributed by atoms with E-state index in [1.807, 2.05) is 44.2 Å². The first-order chi connectivity index (χ1) is 9.52. The highest BCUT2D eigenvalue weighted by molar-refractivity contribution is 5.77. The second kappa shape index (κ2) is 8.35. The van der Waals surface area contributed by atoms with Gasteiger partial charge in [0.2, 0.25) is 0 Å². The number of Topliss-reactive ketones (excluding diaryl/α,β-unsaturated/α-hetero) is 1. The Morgan fingerprint density at radius 1 is 1.25 bits per heavy atom. The number of alkyl carbamates (subject to hydrolysis) is 1. The molecule has 1 unspecified atom stereocenters. The van der Waals surface area contributed by atoms with E-state index in [0.717, 1.165) is 12.0 Å². The van der Waals surface area contributed by atoms with Gasteiger partial charge in [0.25, 0.3) is 0 Å². The molecule has 0 aliphatic heterocycles. The molecule has 0 heterocycles. The van der Waals surface area contributed by atoms with Gasteiger partial charge < -0.3 is 10.1 Å². The Hall–Kier alpha value is -1.84. The summed E-state index contributed by atoms with van der Waals surface area (Å²) in [5.74, 6) is 0.307. The Labute approximate surface area is 120 Å². The summed E-state index contributed by atoms with van der Waals surface area (Å²) in [4.78, 5) is 23.0. The lowest BCUT2D eigenvalue weighted by molar-refractivity contribution is -0.117. The first-order valence-corrected chi connectivity index (χ1v) is 6.99.